The standard InChI is InChI=1S/C19H16ClN7OS2/c1-12-3-2-4-14(7-12)23-18-25-26-19(30-18)29-9-17(28)24-15-8-13(20)5-6-16(15)27-11-21-10-22-27/h2-8,10-11H,9H2,1H3,(H,23,25)(H,24,28). The molecule has 0 aliphatic rings. The average molecular weight is 458 g/mol. The molecule has 0 bridgehead atoms. The van der Waals surface area contributed by atoms with Gasteiger partial charge in [-0.15, -0.1) is 10.2 Å². The number of aromatic nitrogens is 5. The fourth-order valence-electron chi connectivity index (χ4n) is 2.62. The molecule has 2 heterocycles. The summed E-state index contributed by atoms with van der Waals surface area (Å²) in [7, 11) is 0. The lowest BCUT2D eigenvalue weighted by Gasteiger charge is -2.11. The fraction of sp³-hybridized carbons (Fsp3) is 0.105. The summed E-state index contributed by atoms with van der Waals surface area (Å²) in [6.07, 6.45) is 2.98. The summed E-state index contributed by atoms with van der Waals surface area (Å²) in [6.45, 7) is 2.03. The third-order valence-electron chi connectivity index (χ3n) is 3.90. The van der Waals surface area contributed by atoms with Gasteiger partial charge in [0.1, 0.15) is 12.7 Å². The molecule has 30 heavy (non-hydrogen) atoms. The van der Waals surface area contributed by atoms with E-state index in [9.17, 15) is 4.79 Å². The minimum atomic E-state index is -0.188. The minimum absolute atomic E-state index is 0.183. The van der Waals surface area contributed by atoms with Crippen molar-refractivity contribution in [1.29, 1.82) is 0 Å². The molecule has 0 radical (unpaired) electrons. The molecule has 1 amide bonds. The molecule has 4 rings (SSSR count). The molecule has 2 N–H and O–H groups in total. The van der Waals surface area contributed by atoms with E-state index in [1.807, 2.05) is 31.2 Å². The molecule has 0 fully saturated rings. The first-order valence-electron chi connectivity index (χ1n) is 8.81. The fourth-order valence-corrected chi connectivity index (χ4v) is 4.36. The van der Waals surface area contributed by atoms with E-state index in [1.54, 1.807) is 29.2 Å². The predicted octanol–water partition coefficient (Wildman–Crippen LogP) is 4.56. The molecule has 0 spiro atoms. The summed E-state index contributed by atoms with van der Waals surface area (Å²) in [5.41, 5.74) is 3.33. The molecule has 0 unspecified atom stereocenters. The molecule has 0 saturated carbocycles. The number of thioether (sulfide) groups is 1. The normalized spacial score (nSPS) is 10.7. The smallest absolute Gasteiger partial charge is 0.234 e. The van der Waals surface area contributed by atoms with Crippen LogP contribution in [0.25, 0.3) is 5.69 Å². The van der Waals surface area contributed by atoms with Crippen LogP contribution in [0.2, 0.25) is 5.02 Å². The Morgan fingerprint density at radius 1 is 1.23 bits per heavy atom. The maximum atomic E-state index is 12.5. The molecular formula is C19H16ClN7OS2. The number of anilines is 3. The number of carbonyl (C=O) groups excluding carboxylic acids is 1. The molecule has 0 atom stereocenters. The summed E-state index contributed by atoms with van der Waals surface area (Å²) >= 11 is 8.79. The van der Waals surface area contributed by atoms with Crippen molar-refractivity contribution in [2.24, 2.45) is 0 Å². The topological polar surface area (TPSA) is 97.6 Å². The number of benzene rings is 2. The first kappa shape index (κ1) is 20.3. The van der Waals surface area contributed by atoms with Gasteiger partial charge in [-0.1, -0.05) is 46.8 Å². The Morgan fingerprint density at radius 2 is 2.13 bits per heavy atom. The highest BCUT2D eigenvalue weighted by atomic mass is 35.5. The van der Waals surface area contributed by atoms with Crippen LogP contribution in [-0.4, -0.2) is 36.6 Å². The molecule has 2 aromatic heterocycles. The maximum absolute atomic E-state index is 12.5. The summed E-state index contributed by atoms with van der Waals surface area (Å²) in [5, 5.41) is 19.6. The second kappa shape index (κ2) is 9.24. The average Bonchev–Trinajstić information content (AvgIpc) is 3.39. The van der Waals surface area contributed by atoms with Crippen molar-refractivity contribution in [2.45, 2.75) is 11.3 Å². The highest BCUT2D eigenvalue weighted by Gasteiger charge is 2.12. The van der Waals surface area contributed by atoms with Gasteiger partial charge < -0.3 is 10.6 Å². The summed E-state index contributed by atoms with van der Waals surface area (Å²) in [6, 6.07) is 13.2. The van der Waals surface area contributed by atoms with Gasteiger partial charge in [0.15, 0.2) is 4.34 Å². The zero-order valence-electron chi connectivity index (χ0n) is 15.7. The van der Waals surface area contributed by atoms with Crippen molar-refractivity contribution >= 4 is 57.1 Å². The van der Waals surface area contributed by atoms with Crippen LogP contribution in [0.1, 0.15) is 5.56 Å². The molecule has 152 valence electrons. The van der Waals surface area contributed by atoms with Crippen molar-refractivity contribution in [3.8, 4) is 5.69 Å². The first-order valence-corrected chi connectivity index (χ1v) is 11.0. The lowest BCUT2D eigenvalue weighted by molar-refractivity contribution is -0.113. The number of aryl methyl sites for hydroxylation is 1. The number of carbonyl (C=O) groups is 1. The second-order valence-corrected chi connectivity index (χ2v) is 8.84. The van der Waals surface area contributed by atoms with Crippen molar-refractivity contribution in [3.63, 3.8) is 0 Å². The molecule has 0 saturated heterocycles. The Labute approximate surface area is 185 Å². The van der Waals surface area contributed by atoms with Crippen molar-refractivity contribution < 1.29 is 4.79 Å². The Hall–Kier alpha value is -2.95. The van der Waals surface area contributed by atoms with Crippen LogP contribution in [0.5, 0.6) is 0 Å². The van der Waals surface area contributed by atoms with E-state index in [2.05, 4.69) is 30.9 Å². The van der Waals surface area contributed by atoms with Crippen LogP contribution in [0, 0.1) is 6.92 Å². The van der Waals surface area contributed by atoms with Crippen LogP contribution >= 0.6 is 34.7 Å². The Bertz CT molecular complexity index is 1160. The largest absolute Gasteiger partial charge is 0.330 e. The van der Waals surface area contributed by atoms with E-state index < -0.39 is 0 Å². The summed E-state index contributed by atoms with van der Waals surface area (Å²) in [4.78, 5) is 16.4. The van der Waals surface area contributed by atoms with Crippen molar-refractivity contribution in [1.82, 2.24) is 25.0 Å². The number of hydrogen-bond donors (Lipinski definition) is 2. The Morgan fingerprint density at radius 3 is 2.93 bits per heavy atom. The van der Waals surface area contributed by atoms with Gasteiger partial charge in [-0.3, -0.25) is 4.79 Å². The molecule has 8 nitrogen and oxygen atoms in total. The van der Waals surface area contributed by atoms with Crippen molar-refractivity contribution in [3.05, 3.63) is 65.7 Å². The number of hydrogen-bond acceptors (Lipinski definition) is 8. The zero-order chi connectivity index (χ0) is 20.9. The van der Waals surface area contributed by atoms with Crippen LogP contribution < -0.4 is 10.6 Å². The quantitative estimate of drug-likeness (QED) is 0.392. The second-order valence-electron chi connectivity index (χ2n) is 6.21. The van der Waals surface area contributed by atoms with E-state index in [1.165, 1.54) is 29.4 Å². The van der Waals surface area contributed by atoms with Gasteiger partial charge in [0.05, 0.1) is 17.1 Å². The molecule has 0 aliphatic carbocycles. The van der Waals surface area contributed by atoms with Gasteiger partial charge >= 0.3 is 0 Å². The summed E-state index contributed by atoms with van der Waals surface area (Å²) < 4.78 is 2.26. The van der Waals surface area contributed by atoms with Gasteiger partial charge in [-0.25, -0.2) is 9.67 Å². The molecule has 2 aromatic carbocycles. The molecule has 0 aliphatic heterocycles. The van der Waals surface area contributed by atoms with Crippen molar-refractivity contribution in [2.75, 3.05) is 16.4 Å². The third kappa shape index (κ3) is 5.15. The Balaban J connectivity index is 1.37. The van der Waals surface area contributed by atoms with Crippen LogP contribution in [0.15, 0.2) is 59.5 Å². The Kier molecular flexibility index (Phi) is 6.26. The highest BCUT2D eigenvalue weighted by molar-refractivity contribution is 8.01. The van der Waals surface area contributed by atoms with Gasteiger partial charge in [0.25, 0.3) is 0 Å². The van der Waals surface area contributed by atoms with Crippen LogP contribution in [0.3, 0.4) is 0 Å². The van der Waals surface area contributed by atoms with E-state index >= 15 is 0 Å². The number of rotatable bonds is 7. The number of amides is 1. The molecule has 4 aromatic rings. The van der Waals surface area contributed by atoms with Gasteiger partial charge in [-0.05, 0) is 42.8 Å². The van der Waals surface area contributed by atoms with Crippen LogP contribution in [0.4, 0.5) is 16.5 Å². The lowest BCUT2D eigenvalue weighted by Crippen LogP contribution is -2.16. The van der Waals surface area contributed by atoms with E-state index in [0.29, 0.717) is 25.9 Å². The molecular weight excluding hydrogens is 442 g/mol. The summed E-state index contributed by atoms with van der Waals surface area (Å²) in [5.74, 6) is -0.00501. The molecule has 11 heteroatoms. The number of nitrogens with one attached hydrogen (secondary N) is 2. The minimum Gasteiger partial charge on any atom is -0.330 e. The monoisotopic (exact) mass is 457 g/mol. The number of halogens is 1. The van der Waals surface area contributed by atoms with E-state index in [4.69, 9.17) is 11.6 Å². The zero-order valence-corrected chi connectivity index (χ0v) is 18.1. The van der Waals surface area contributed by atoms with Crippen LogP contribution in [-0.2, 0) is 4.79 Å². The SMILES string of the molecule is Cc1cccc(Nc2nnc(SCC(=O)Nc3cc(Cl)ccc3-n3cncn3)s2)c1. The van der Waals surface area contributed by atoms with Gasteiger partial charge in [-0.2, -0.15) is 5.10 Å². The maximum Gasteiger partial charge on any atom is 0.234 e. The van der Waals surface area contributed by atoms with Gasteiger partial charge in [0.2, 0.25) is 11.0 Å². The lowest BCUT2D eigenvalue weighted by atomic mass is 10.2. The predicted molar refractivity (Wildman–Crippen MR) is 120 cm³/mol. The van der Waals surface area contributed by atoms with Gasteiger partial charge in [0, 0.05) is 10.7 Å². The van der Waals surface area contributed by atoms with E-state index in [-0.39, 0.29) is 11.7 Å². The number of nitrogens with zero attached hydrogens (tertiary/aromatic N) is 5. The van der Waals surface area contributed by atoms with E-state index in [0.717, 1.165) is 11.3 Å². The third-order valence-corrected chi connectivity index (χ3v) is 6.11. The first-order chi connectivity index (χ1) is 14.6. The highest BCUT2D eigenvalue weighted by Crippen LogP contribution is 2.29.